The topological polar surface area (TPSA) is 67.6 Å². The quantitative estimate of drug-likeness (QED) is 0.796. The number of ether oxygens (including phenoxy) is 1. The molecule has 5 nitrogen and oxygen atoms in total. The lowest BCUT2D eigenvalue weighted by Crippen LogP contribution is -2.38. The number of nitrogens with two attached hydrogens (primary N) is 1. The molecule has 138 valence electrons. The van der Waals surface area contributed by atoms with Gasteiger partial charge in [-0.05, 0) is 23.6 Å². The van der Waals surface area contributed by atoms with Gasteiger partial charge in [0.15, 0.2) is 0 Å². The van der Waals surface area contributed by atoms with Crippen LogP contribution in [0.25, 0.3) is 0 Å². The third-order valence-corrected chi connectivity index (χ3v) is 4.94. The molecule has 2 aromatic carbocycles. The zero-order valence-electron chi connectivity index (χ0n) is 15.2. The molecule has 0 unspecified atom stereocenters. The molecule has 26 heavy (non-hydrogen) atoms. The maximum atomic E-state index is 12.3. The Hall–Kier alpha value is -2.37. The second kappa shape index (κ2) is 8.83. The smallest absolute Gasteiger partial charge is 0.234 e. The van der Waals surface area contributed by atoms with Gasteiger partial charge in [-0.25, -0.2) is 0 Å². The first kappa shape index (κ1) is 18.4. The van der Waals surface area contributed by atoms with Gasteiger partial charge in [-0.3, -0.25) is 9.69 Å². The minimum atomic E-state index is 0.0424. The molecular formula is C21H27N3O2. The van der Waals surface area contributed by atoms with Crippen LogP contribution >= 0.6 is 0 Å². The normalized spacial score (nSPS) is 20.1. The third-order valence-electron chi connectivity index (χ3n) is 4.94. The number of amides is 1. The number of carbonyl (C=O) groups is 1. The molecule has 0 radical (unpaired) electrons. The van der Waals surface area contributed by atoms with Crippen LogP contribution in [0.2, 0.25) is 0 Å². The Labute approximate surface area is 155 Å². The fourth-order valence-electron chi connectivity index (χ4n) is 3.60. The molecule has 1 aliphatic heterocycles. The number of carbonyl (C=O) groups excluding carboxylic acids is 1. The molecule has 2 aromatic rings. The van der Waals surface area contributed by atoms with Crippen molar-refractivity contribution in [3.63, 3.8) is 0 Å². The average molecular weight is 353 g/mol. The summed E-state index contributed by atoms with van der Waals surface area (Å²) < 4.78 is 5.34. The number of methoxy groups -OCH3 is 1. The molecule has 0 bridgehead atoms. The highest BCUT2D eigenvalue weighted by molar-refractivity contribution is 5.78. The Balaban J connectivity index is 1.45. The van der Waals surface area contributed by atoms with Crippen molar-refractivity contribution in [2.24, 2.45) is 5.73 Å². The largest absolute Gasteiger partial charge is 0.496 e. The molecule has 0 spiro atoms. The van der Waals surface area contributed by atoms with Crippen LogP contribution < -0.4 is 15.8 Å². The average Bonchev–Trinajstić information content (AvgIpc) is 3.03. The van der Waals surface area contributed by atoms with Crippen LogP contribution in [-0.4, -0.2) is 50.1 Å². The number of rotatable bonds is 7. The fourth-order valence-corrected chi connectivity index (χ4v) is 3.60. The van der Waals surface area contributed by atoms with Gasteiger partial charge in [0.05, 0.1) is 13.7 Å². The number of para-hydroxylation sites is 1. The van der Waals surface area contributed by atoms with Gasteiger partial charge in [-0.1, -0.05) is 48.5 Å². The number of hydrogen-bond acceptors (Lipinski definition) is 4. The highest BCUT2D eigenvalue weighted by Crippen LogP contribution is 2.26. The second-order valence-corrected chi connectivity index (χ2v) is 6.79. The number of likely N-dealkylation sites (tertiary alicyclic amines) is 1. The van der Waals surface area contributed by atoms with E-state index in [0.717, 1.165) is 30.8 Å². The maximum Gasteiger partial charge on any atom is 0.234 e. The molecule has 3 rings (SSSR count). The summed E-state index contributed by atoms with van der Waals surface area (Å²) in [5.74, 6) is 1.19. The molecule has 1 amide bonds. The zero-order valence-corrected chi connectivity index (χ0v) is 15.2. The monoisotopic (exact) mass is 353 g/mol. The first-order chi connectivity index (χ1) is 12.7. The lowest BCUT2D eigenvalue weighted by Gasteiger charge is -2.16. The van der Waals surface area contributed by atoms with Crippen LogP contribution in [0, 0.1) is 0 Å². The van der Waals surface area contributed by atoms with Gasteiger partial charge < -0.3 is 15.8 Å². The van der Waals surface area contributed by atoms with E-state index in [9.17, 15) is 4.79 Å². The predicted molar refractivity (Wildman–Crippen MR) is 103 cm³/mol. The van der Waals surface area contributed by atoms with Crippen LogP contribution in [0.4, 0.5) is 0 Å². The summed E-state index contributed by atoms with van der Waals surface area (Å²) in [7, 11) is 1.66. The summed E-state index contributed by atoms with van der Waals surface area (Å²) in [5.41, 5.74) is 8.65. The molecule has 0 aliphatic carbocycles. The molecular weight excluding hydrogens is 326 g/mol. The van der Waals surface area contributed by atoms with Crippen LogP contribution in [0.5, 0.6) is 5.75 Å². The van der Waals surface area contributed by atoms with Gasteiger partial charge in [0.25, 0.3) is 0 Å². The number of nitrogens with one attached hydrogen (secondary N) is 1. The minimum Gasteiger partial charge on any atom is -0.496 e. The Morgan fingerprint density at radius 2 is 1.88 bits per heavy atom. The van der Waals surface area contributed by atoms with Crippen molar-refractivity contribution >= 4 is 5.91 Å². The maximum absolute atomic E-state index is 12.3. The lowest BCUT2D eigenvalue weighted by molar-refractivity contribution is -0.122. The molecule has 1 heterocycles. The molecule has 0 aromatic heterocycles. The molecule has 3 N–H and O–H groups in total. The summed E-state index contributed by atoms with van der Waals surface area (Å²) in [6.07, 6.45) is 0.752. The highest BCUT2D eigenvalue weighted by Gasteiger charge is 2.31. The molecule has 1 saturated heterocycles. The second-order valence-electron chi connectivity index (χ2n) is 6.79. The van der Waals surface area contributed by atoms with E-state index in [0.29, 0.717) is 13.1 Å². The Kier molecular flexibility index (Phi) is 6.26. The first-order valence-corrected chi connectivity index (χ1v) is 9.09. The number of hydrogen-bond donors (Lipinski definition) is 2. The van der Waals surface area contributed by atoms with E-state index >= 15 is 0 Å². The molecule has 1 fully saturated rings. The van der Waals surface area contributed by atoms with Gasteiger partial charge in [0.1, 0.15) is 5.75 Å². The number of nitrogens with zero attached hydrogens (tertiary/aromatic N) is 1. The summed E-state index contributed by atoms with van der Waals surface area (Å²) in [4.78, 5) is 14.4. The van der Waals surface area contributed by atoms with Gasteiger partial charge in [-0.15, -0.1) is 0 Å². The lowest BCUT2D eigenvalue weighted by atomic mass is 9.95. The summed E-state index contributed by atoms with van der Waals surface area (Å²) in [6.45, 7) is 2.56. The van der Waals surface area contributed by atoms with Gasteiger partial charge in [0.2, 0.25) is 5.91 Å². The van der Waals surface area contributed by atoms with E-state index in [2.05, 4.69) is 22.3 Å². The van der Waals surface area contributed by atoms with Crippen molar-refractivity contribution in [3.05, 3.63) is 65.7 Å². The molecule has 2 atom stereocenters. The summed E-state index contributed by atoms with van der Waals surface area (Å²) in [6, 6.07) is 18.3. The van der Waals surface area contributed by atoms with E-state index in [1.165, 1.54) is 5.56 Å². The van der Waals surface area contributed by atoms with Gasteiger partial charge in [0, 0.05) is 31.6 Å². The van der Waals surface area contributed by atoms with E-state index in [-0.39, 0.29) is 17.9 Å². The van der Waals surface area contributed by atoms with Crippen molar-refractivity contribution in [3.8, 4) is 5.75 Å². The summed E-state index contributed by atoms with van der Waals surface area (Å²) >= 11 is 0. The van der Waals surface area contributed by atoms with Gasteiger partial charge in [-0.2, -0.15) is 0 Å². The van der Waals surface area contributed by atoms with E-state index in [1.807, 2.05) is 42.5 Å². The minimum absolute atomic E-state index is 0.0424. The van der Waals surface area contributed by atoms with Crippen molar-refractivity contribution < 1.29 is 9.53 Å². The van der Waals surface area contributed by atoms with Crippen molar-refractivity contribution in [1.29, 1.82) is 0 Å². The Morgan fingerprint density at radius 3 is 2.65 bits per heavy atom. The molecule has 0 saturated carbocycles. The first-order valence-electron chi connectivity index (χ1n) is 9.09. The molecule has 1 aliphatic rings. The Morgan fingerprint density at radius 1 is 1.15 bits per heavy atom. The highest BCUT2D eigenvalue weighted by atomic mass is 16.5. The van der Waals surface area contributed by atoms with Crippen LogP contribution in [0.3, 0.4) is 0 Å². The van der Waals surface area contributed by atoms with Crippen molar-refractivity contribution in [1.82, 2.24) is 10.2 Å². The Bertz CT molecular complexity index is 720. The van der Waals surface area contributed by atoms with E-state index < -0.39 is 0 Å². The van der Waals surface area contributed by atoms with Crippen LogP contribution in [0.15, 0.2) is 54.6 Å². The van der Waals surface area contributed by atoms with E-state index in [4.69, 9.17) is 10.5 Å². The van der Waals surface area contributed by atoms with Gasteiger partial charge >= 0.3 is 0 Å². The SMILES string of the molecule is COc1ccccc1CCNC(=O)CN1C[C@@H](N)[C@H](c2ccccc2)C1. The summed E-state index contributed by atoms with van der Waals surface area (Å²) in [5, 5.41) is 3.00. The van der Waals surface area contributed by atoms with Crippen molar-refractivity contribution in [2.75, 3.05) is 33.3 Å². The standard InChI is InChI=1S/C21H27N3O2/c1-26-20-10-6-5-9-17(20)11-12-23-21(25)15-24-13-18(19(22)14-24)16-7-3-2-4-8-16/h2-10,18-19H,11-15,22H2,1H3,(H,23,25)/t18-,19+/m0/s1. The third kappa shape index (κ3) is 4.62. The zero-order chi connectivity index (χ0) is 18.4. The van der Waals surface area contributed by atoms with Crippen LogP contribution in [-0.2, 0) is 11.2 Å². The number of benzene rings is 2. The van der Waals surface area contributed by atoms with E-state index in [1.54, 1.807) is 7.11 Å². The van der Waals surface area contributed by atoms with Crippen LogP contribution in [0.1, 0.15) is 17.0 Å². The predicted octanol–water partition coefficient (Wildman–Crippen LogP) is 1.78. The van der Waals surface area contributed by atoms with Crippen molar-refractivity contribution in [2.45, 2.75) is 18.4 Å². The fraction of sp³-hybridized carbons (Fsp3) is 0.381. The molecule has 5 heteroatoms.